The largest absolute Gasteiger partial charge is 0.502 e. The highest BCUT2D eigenvalue weighted by molar-refractivity contribution is 5.29. The predicted molar refractivity (Wildman–Crippen MR) is 33.0 cm³/mol. The fourth-order valence-electron chi connectivity index (χ4n) is 0.535. The molecule has 0 spiro atoms. The standard InChI is InChI=1S/C6H6O4/c1-3-5(8)6(9)4(7)2-10-3/h2,7-8H,1H3. The molecule has 0 saturated carbocycles. The molecule has 0 aliphatic rings. The van der Waals surface area contributed by atoms with Crippen molar-refractivity contribution in [1.29, 1.82) is 0 Å². The second kappa shape index (κ2) is 2.06. The molecule has 54 valence electrons. The van der Waals surface area contributed by atoms with Crippen molar-refractivity contribution in [2.75, 3.05) is 0 Å². The Bertz CT molecular complexity index is 299. The second-order valence-electron chi connectivity index (χ2n) is 1.85. The molecule has 0 bridgehead atoms. The zero-order valence-corrected chi connectivity index (χ0v) is 5.29. The minimum atomic E-state index is -0.802. The molecule has 1 aromatic rings. The van der Waals surface area contributed by atoms with E-state index in [0.717, 1.165) is 6.26 Å². The molecule has 2 N–H and O–H groups in total. The summed E-state index contributed by atoms with van der Waals surface area (Å²) in [6, 6.07) is 0. The Morgan fingerprint density at radius 1 is 1.50 bits per heavy atom. The maximum Gasteiger partial charge on any atom is 0.268 e. The van der Waals surface area contributed by atoms with Gasteiger partial charge in [-0.25, -0.2) is 0 Å². The molecule has 10 heavy (non-hydrogen) atoms. The first-order chi connectivity index (χ1) is 4.63. The molecule has 0 aromatic carbocycles. The Kier molecular flexibility index (Phi) is 1.37. The molecule has 0 fully saturated rings. The van der Waals surface area contributed by atoms with Crippen LogP contribution in [0.5, 0.6) is 11.5 Å². The highest BCUT2D eigenvalue weighted by Gasteiger charge is 2.06. The van der Waals surface area contributed by atoms with E-state index in [9.17, 15) is 4.79 Å². The fourth-order valence-corrected chi connectivity index (χ4v) is 0.535. The van der Waals surface area contributed by atoms with Gasteiger partial charge >= 0.3 is 0 Å². The number of rotatable bonds is 0. The van der Waals surface area contributed by atoms with Gasteiger partial charge in [0.2, 0.25) is 11.5 Å². The molecule has 1 rings (SSSR count). The normalized spacial score (nSPS) is 9.70. The summed E-state index contributed by atoms with van der Waals surface area (Å²) in [5, 5.41) is 17.5. The van der Waals surface area contributed by atoms with E-state index in [4.69, 9.17) is 10.2 Å². The van der Waals surface area contributed by atoms with E-state index in [-0.39, 0.29) is 5.76 Å². The van der Waals surface area contributed by atoms with Crippen molar-refractivity contribution in [3.05, 3.63) is 22.2 Å². The molecule has 0 amide bonds. The zero-order chi connectivity index (χ0) is 7.72. The summed E-state index contributed by atoms with van der Waals surface area (Å²) in [5.41, 5.74) is -0.802. The quantitative estimate of drug-likeness (QED) is 0.548. The van der Waals surface area contributed by atoms with Crippen LogP contribution in [0, 0.1) is 6.92 Å². The molecular formula is C6H6O4. The van der Waals surface area contributed by atoms with Crippen LogP contribution < -0.4 is 5.43 Å². The van der Waals surface area contributed by atoms with Crippen LogP contribution in [0.25, 0.3) is 0 Å². The van der Waals surface area contributed by atoms with Crippen molar-refractivity contribution in [2.24, 2.45) is 0 Å². The van der Waals surface area contributed by atoms with Crippen LogP contribution >= 0.6 is 0 Å². The lowest BCUT2D eigenvalue weighted by Gasteiger charge is -1.94. The molecule has 4 heteroatoms. The molecule has 0 unspecified atom stereocenters. The number of aromatic hydroxyl groups is 2. The van der Waals surface area contributed by atoms with Crippen molar-refractivity contribution >= 4 is 0 Å². The summed E-state index contributed by atoms with van der Waals surface area (Å²) >= 11 is 0. The number of hydrogen-bond acceptors (Lipinski definition) is 4. The van der Waals surface area contributed by atoms with Crippen LogP contribution in [0.3, 0.4) is 0 Å². The smallest absolute Gasteiger partial charge is 0.268 e. The summed E-state index contributed by atoms with van der Waals surface area (Å²) in [5.74, 6) is -1.02. The van der Waals surface area contributed by atoms with Gasteiger partial charge < -0.3 is 14.6 Å². The van der Waals surface area contributed by atoms with Crippen LogP contribution in [-0.2, 0) is 0 Å². The van der Waals surface area contributed by atoms with Crippen molar-refractivity contribution in [3.63, 3.8) is 0 Å². The first kappa shape index (κ1) is 6.67. The Labute approximate surface area is 56.4 Å². The van der Waals surface area contributed by atoms with Crippen LogP contribution in [0.4, 0.5) is 0 Å². The number of aryl methyl sites for hydroxylation is 1. The van der Waals surface area contributed by atoms with Gasteiger partial charge in [0.05, 0.1) is 0 Å². The lowest BCUT2D eigenvalue weighted by atomic mass is 10.3. The summed E-state index contributed by atoms with van der Waals surface area (Å²) in [6.07, 6.45) is 0.886. The molecule has 0 saturated heterocycles. The minimum Gasteiger partial charge on any atom is -0.502 e. The second-order valence-corrected chi connectivity index (χ2v) is 1.85. The third-order valence-corrected chi connectivity index (χ3v) is 1.13. The summed E-state index contributed by atoms with van der Waals surface area (Å²) in [6.45, 7) is 1.43. The molecular weight excluding hydrogens is 136 g/mol. The Morgan fingerprint density at radius 2 is 2.10 bits per heavy atom. The van der Waals surface area contributed by atoms with Gasteiger partial charge in [-0.2, -0.15) is 0 Å². The van der Waals surface area contributed by atoms with Gasteiger partial charge in [0.25, 0.3) is 5.43 Å². The highest BCUT2D eigenvalue weighted by Crippen LogP contribution is 2.13. The van der Waals surface area contributed by atoms with Gasteiger partial charge in [-0.3, -0.25) is 4.79 Å². The van der Waals surface area contributed by atoms with Crippen molar-refractivity contribution in [2.45, 2.75) is 6.92 Å². The zero-order valence-electron chi connectivity index (χ0n) is 5.29. The van der Waals surface area contributed by atoms with Gasteiger partial charge in [0.15, 0.2) is 0 Å². The van der Waals surface area contributed by atoms with E-state index < -0.39 is 16.9 Å². The topological polar surface area (TPSA) is 70.7 Å². The molecule has 0 radical (unpaired) electrons. The molecule has 1 aromatic heterocycles. The van der Waals surface area contributed by atoms with Crippen LogP contribution in [0.2, 0.25) is 0 Å². The lowest BCUT2D eigenvalue weighted by Crippen LogP contribution is -1.99. The van der Waals surface area contributed by atoms with E-state index in [1.807, 2.05) is 0 Å². The first-order valence-corrected chi connectivity index (χ1v) is 2.63. The maximum absolute atomic E-state index is 10.6. The lowest BCUT2D eigenvalue weighted by molar-refractivity contribution is 0.376. The molecule has 0 aliphatic carbocycles. The van der Waals surface area contributed by atoms with Gasteiger partial charge in [-0.05, 0) is 6.92 Å². The third-order valence-electron chi connectivity index (χ3n) is 1.13. The SMILES string of the molecule is Cc1occ(O)c(=O)c1O. The summed E-state index contributed by atoms with van der Waals surface area (Å²) in [7, 11) is 0. The van der Waals surface area contributed by atoms with Crippen LogP contribution in [-0.4, -0.2) is 10.2 Å². The Morgan fingerprint density at radius 3 is 2.60 bits per heavy atom. The van der Waals surface area contributed by atoms with Gasteiger partial charge in [0.1, 0.15) is 12.0 Å². The van der Waals surface area contributed by atoms with Gasteiger partial charge in [0, 0.05) is 0 Å². The Balaban J connectivity index is 3.50. The monoisotopic (exact) mass is 142 g/mol. The summed E-state index contributed by atoms with van der Waals surface area (Å²) in [4.78, 5) is 10.6. The fraction of sp³-hybridized carbons (Fsp3) is 0.167. The molecule has 4 nitrogen and oxygen atoms in total. The van der Waals surface area contributed by atoms with E-state index in [0.29, 0.717) is 0 Å². The first-order valence-electron chi connectivity index (χ1n) is 2.63. The predicted octanol–water partition coefficient (Wildman–Crippen LogP) is 0.359. The molecule has 0 atom stereocenters. The summed E-state index contributed by atoms with van der Waals surface area (Å²) < 4.78 is 4.57. The minimum absolute atomic E-state index is 0.0998. The third kappa shape index (κ3) is 0.834. The van der Waals surface area contributed by atoms with Crippen molar-refractivity contribution in [1.82, 2.24) is 0 Å². The highest BCUT2D eigenvalue weighted by atomic mass is 16.4. The molecule has 0 aliphatic heterocycles. The van der Waals surface area contributed by atoms with E-state index in [2.05, 4.69) is 4.42 Å². The van der Waals surface area contributed by atoms with Crippen molar-refractivity contribution in [3.8, 4) is 11.5 Å². The van der Waals surface area contributed by atoms with Gasteiger partial charge in [-0.15, -0.1) is 0 Å². The average molecular weight is 142 g/mol. The average Bonchev–Trinajstić information content (AvgIpc) is 1.93. The van der Waals surface area contributed by atoms with E-state index in [1.165, 1.54) is 6.92 Å². The number of hydrogen-bond donors (Lipinski definition) is 2. The molecule has 1 heterocycles. The van der Waals surface area contributed by atoms with Crippen LogP contribution in [0.15, 0.2) is 15.5 Å². The Hall–Kier alpha value is -1.45. The van der Waals surface area contributed by atoms with Crippen molar-refractivity contribution < 1.29 is 14.6 Å². The van der Waals surface area contributed by atoms with Crippen LogP contribution in [0.1, 0.15) is 5.76 Å². The maximum atomic E-state index is 10.6. The van der Waals surface area contributed by atoms with E-state index >= 15 is 0 Å². The van der Waals surface area contributed by atoms with E-state index in [1.54, 1.807) is 0 Å². The van der Waals surface area contributed by atoms with Gasteiger partial charge in [-0.1, -0.05) is 0 Å².